The molecule has 0 saturated heterocycles. The summed E-state index contributed by atoms with van der Waals surface area (Å²) in [5.41, 5.74) is 0.272. The molecule has 0 aliphatic rings. The molecule has 1 radical (unpaired) electrons. The molecule has 0 amide bonds. The Hall–Kier alpha value is -1.70. The van der Waals surface area contributed by atoms with Crippen LogP contribution in [0.25, 0.3) is 11.1 Å². The van der Waals surface area contributed by atoms with Crippen LogP contribution < -0.4 is 4.74 Å². The molecule has 13 heteroatoms. The summed E-state index contributed by atoms with van der Waals surface area (Å²) in [6.07, 6.45) is -4.39. The third-order valence-electron chi connectivity index (χ3n) is 4.75. The van der Waals surface area contributed by atoms with E-state index < -0.39 is 62.1 Å². The molecule has 0 atom stereocenters. The zero-order chi connectivity index (χ0) is 25.9. The molecule has 35 heavy (non-hydrogen) atoms. The first-order chi connectivity index (χ1) is 15.2. The Bertz CT molecular complexity index is 1260. The van der Waals surface area contributed by atoms with Crippen molar-refractivity contribution in [2.75, 3.05) is 0 Å². The van der Waals surface area contributed by atoms with Crippen LogP contribution in [0.3, 0.4) is 0 Å². The minimum Gasteiger partial charge on any atom is -0.430 e. The van der Waals surface area contributed by atoms with E-state index in [1.807, 2.05) is 0 Å². The van der Waals surface area contributed by atoms with Crippen molar-refractivity contribution in [3.63, 3.8) is 0 Å². The number of ether oxygens (including phenoxy) is 1. The van der Waals surface area contributed by atoms with Gasteiger partial charge in [-0.05, 0) is 36.6 Å². The molecule has 0 fully saturated rings. The van der Waals surface area contributed by atoms with Gasteiger partial charge in [0.2, 0.25) is 0 Å². The summed E-state index contributed by atoms with van der Waals surface area (Å²) in [5.74, 6) is -7.71. The summed E-state index contributed by atoms with van der Waals surface area (Å²) in [4.78, 5) is -3.46. The van der Waals surface area contributed by atoms with Gasteiger partial charge in [0, 0.05) is 47.7 Å². The van der Waals surface area contributed by atoms with Gasteiger partial charge in [0.05, 0.1) is 0 Å². The number of benzene rings is 3. The molecule has 0 spiro atoms. The van der Waals surface area contributed by atoms with Crippen LogP contribution in [0.15, 0.2) is 41.3 Å². The normalized spacial score (nSPS) is 14.1. The molecule has 1 nitrogen and oxygen atoms in total. The van der Waals surface area contributed by atoms with Crippen molar-refractivity contribution in [2.24, 2.45) is 0 Å². The predicted octanol–water partition coefficient (Wildman–Crippen LogP) is 9.28. The Balaban J connectivity index is 0.00000432. The summed E-state index contributed by atoms with van der Waals surface area (Å²) in [7, 11) is -10.8. The number of alkyl halides is 2. The zero-order valence-electron chi connectivity index (χ0n) is 18.1. The molecule has 3 rings (SSSR count). The van der Waals surface area contributed by atoms with Gasteiger partial charge in [0.25, 0.3) is 0 Å². The summed E-state index contributed by atoms with van der Waals surface area (Å²) < 4.78 is 139. The number of aryl methyl sites for hydroxylation is 3. The number of rotatable bonds is 5. The van der Waals surface area contributed by atoms with E-state index in [0.717, 1.165) is 6.07 Å². The van der Waals surface area contributed by atoms with Gasteiger partial charge in [-0.3, -0.25) is 0 Å². The molecule has 0 heterocycles. The predicted molar refractivity (Wildman–Crippen MR) is 107 cm³/mol. The minimum atomic E-state index is -10.8. The Morgan fingerprint density at radius 2 is 1.31 bits per heavy atom. The first-order valence-corrected chi connectivity index (χ1v) is 11.2. The molecule has 0 unspecified atom stereocenters. The molecule has 0 aromatic heterocycles. The van der Waals surface area contributed by atoms with E-state index in [2.05, 4.69) is 10.8 Å². The van der Waals surface area contributed by atoms with E-state index in [1.54, 1.807) is 19.9 Å². The van der Waals surface area contributed by atoms with Crippen molar-refractivity contribution in [1.82, 2.24) is 0 Å². The SMILES string of the molecule is Cc1cc(C)c(-c2c[c-]c(C(F)(F)Oc3cc(F)c(S(F)(F)(F)(F)F)c(F)c3)c(C)c2)c(F)c1.[La]. The average molecular weight is 656 g/mol. The molecule has 0 saturated carbocycles. The van der Waals surface area contributed by atoms with Crippen LogP contribution in [-0.2, 0) is 6.11 Å². The summed E-state index contributed by atoms with van der Waals surface area (Å²) >= 11 is 0. The average Bonchev–Trinajstić information content (AvgIpc) is 2.56. The fourth-order valence-corrected chi connectivity index (χ4v) is 4.37. The van der Waals surface area contributed by atoms with Crippen LogP contribution >= 0.6 is 10.2 Å². The number of hydrogen-bond acceptors (Lipinski definition) is 1. The van der Waals surface area contributed by atoms with E-state index in [0.29, 0.717) is 11.1 Å². The molecule has 3 aromatic rings. The van der Waals surface area contributed by atoms with E-state index in [4.69, 9.17) is 0 Å². The standard InChI is InChI=1S/C22H15F10OS.La/c1-11-6-13(3)20(17(23)7-11)14-4-5-16(12(2)8-14)22(26,27)33-15-9-18(24)21(19(25)10-15)34(28,29,30,31)32;/h4,6-10H,1-3H3;/q-1;. The zero-order valence-corrected chi connectivity index (χ0v) is 22.6. The van der Waals surface area contributed by atoms with Crippen molar-refractivity contribution in [3.05, 3.63) is 82.2 Å². The fraction of sp³-hybridized carbons (Fsp3) is 0.182. The Labute approximate surface area is 221 Å². The maximum absolute atomic E-state index is 14.7. The van der Waals surface area contributed by atoms with Crippen LogP contribution in [0.2, 0.25) is 0 Å². The van der Waals surface area contributed by atoms with Gasteiger partial charge in [-0.2, -0.15) is 27.0 Å². The maximum atomic E-state index is 14.7. The van der Waals surface area contributed by atoms with Gasteiger partial charge < -0.3 is 4.74 Å². The van der Waals surface area contributed by atoms with Gasteiger partial charge >= 0.3 is 16.3 Å². The van der Waals surface area contributed by atoms with Gasteiger partial charge in [0.1, 0.15) is 11.6 Å². The van der Waals surface area contributed by atoms with Gasteiger partial charge in [-0.1, -0.05) is 38.0 Å². The van der Waals surface area contributed by atoms with Crippen molar-refractivity contribution >= 4 is 10.2 Å². The van der Waals surface area contributed by atoms with E-state index in [1.165, 1.54) is 19.1 Å². The minimum absolute atomic E-state index is 0. The van der Waals surface area contributed by atoms with Crippen LogP contribution in [0.5, 0.6) is 5.75 Å². The molecule has 189 valence electrons. The molecular formula is C22H15F10LaOS-. The first-order valence-electron chi connectivity index (χ1n) is 9.29. The number of halogens is 10. The second kappa shape index (κ2) is 8.71. The fourth-order valence-electron chi connectivity index (χ4n) is 3.51. The molecule has 0 N–H and O–H groups in total. The van der Waals surface area contributed by atoms with E-state index in [9.17, 15) is 41.4 Å². The van der Waals surface area contributed by atoms with Crippen molar-refractivity contribution in [2.45, 2.75) is 31.8 Å². The summed E-state index contributed by atoms with van der Waals surface area (Å²) in [6.45, 7) is 4.44. The molecule has 0 aliphatic carbocycles. The Kier molecular flexibility index (Phi) is 7.35. The molecular weight excluding hydrogens is 641 g/mol. The summed E-state index contributed by atoms with van der Waals surface area (Å²) in [5, 5.41) is 0. The van der Waals surface area contributed by atoms with Crippen LogP contribution in [-0.4, -0.2) is 0 Å². The smallest absolute Gasteiger partial charge is 0.403 e. The van der Waals surface area contributed by atoms with Crippen molar-refractivity contribution < 1.29 is 81.7 Å². The largest absolute Gasteiger partial charge is 0.430 e. The number of hydrogen-bond donors (Lipinski definition) is 0. The van der Waals surface area contributed by atoms with Crippen LogP contribution in [0, 0.1) is 79.9 Å². The molecule has 3 aromatic carbocycles. The van der Waals surface area contributed by atoms with Gasteiger partial charge in [0.15, 0.2) is 16.5 Å². The molecule has 0 aliphatic heterocycles. The van der Waals surface area contributed by atoms with E-state index >= 15 is 0 Å². The Morgan fingerprint density at radius 3 is 1.77 bits per heavy atom. The quantitative estimate of drug-likeness (QED) is 0.197. The topological polar surface area (TPSA) is 9.23 Å². The first kappa shape index (κ1) is 29.5. The maximum Gasteiger partial charge on any atom is 0.403 e. The van der Waals surface area contributed by atoms with Gasteiger partial charge in [-0.25, -0.2) is 13.2 Å². The third-order valence-corrected chi connectivity index (χ3v) is 5.91. The van der Waals surface area contributed by atoms with Crippen LogP contribution in [0.1, 0.15) is 22.3 Å². The monoisotopic (exact) mass is 656 g/mol. The second-order valence-corrected chi connectivity index (χ2v) is 10.0. The summed E-state index contributed by atoms with van der Waals surface area (Å²) in [6, 6.07) is 6.44. The van der Waals surface area contributed by atoms with Crippen LogP contribution in [0.4, 0.5) is 41.4 Å². The van der Waals surface area contributed by atoms with Gasteiger partial charge in [-0.15, -0.1) is 11.1 Å². The van der Waals surface area contributed by atoms with Crippen molar-refractivity contribution in [1.29, 1.82) is 0 Å². The third kappa shape index (κ3) is 6.36. The van der Waals surface area contributed by atoms with E-state index in [-0.39, 0.29) is 52.3 Å². The van der Waals surface area contributed by atoms with Crippen molar-refractivity contribution in [3.8, 4) is 16.9 Å². The molecule has 0 bridgehead atoms. The Morgan fingerprint density at radius 1 is 0.771 bits per heavy atom. The second-order valence-electron chi connectivity index (χ2n) is 7.69.